The molecule has 3 heterocycles. The molecule has 0 spiro atoms. The zero-order chi connectivity index (χ0) is 46.9. The van der Waals surface area contributed by atoms with Crippen LogP contribution in [0.5, 0.6) is 0 Å². The molecule has 18 atom stereocenters. The number of carbonyl (C=O) groups is 2. The van der Waals surface area contributed by atoms with Gasteiger partial charge in [-0.15, -0.1) is 0 Å². The molecule has 0 aromatic heterocycles. The van der Waals surface area contributed by atoms with Crippen LogP contribution in [0.15, 0.2) is 85.1 Å². The molecule has 16 nitrogen and oxygen atoms in total. The number of allylic oxidation sites excluding steroid dienone is 12. The summed E-state index contributed by atoms with van der Waals surface area (Å²) >= 11 is 1.90. The monoisotopic (exact) mass is 1000 g/mol. The normalized spacial score (nSPS) is 45.5. The number of aliphatic hydroxyl groups is 9. The van der Waals surface area contributed by atoms with E-state index in [1.165, 1.54) is 0 Å². The van der Waals surface area contributed by atoms with E-state index in [9.17, 15) is 55.5 Å². The van der Waals surface area contributed by atoms with E-state index >= 15 is 0 Å². The minimum absolute atomic E-state index is 0.0342. The maximum atomic E-state index is 12.6. The average molecular weight is 1000 g/mol. The molecule has 2 fully saturated rings. The summed E-state index contributed by atoms with van der Waals surface area (Å²) in [6, 6.07) is -1.05. The van der Waals surface area contributed by atoms with Crippen LogP contribution in [0, 0.1) is 17.8 Å². The Kier molecular flexibility index (Phi) is 23.7. The average Bonchev–Trinajstić information content (AvgIpc) is 3.21. The quantitative estimate of drug-likeness (QED) is 0.108. The molecular formula is C46H70INO15. The lowest BCUT2D eigenvalue weighted by molar-refractivity contribution is -0.310. The smallest absolute Gasteiger partial charge is 0.309 e. The summed E-state index contributed by atoms with van der Waals surface area (Å²) in [7, 11) is 0. The number of ketones is 1. The number of nitrogens with two attached hydrogens (primary N) is 1. The molecule has 2 bridgehead atoms. The van der Waals surface area contributed by atoms with Gasteiger partial charge in [-0.2, -0.15) is 0 Å². The van der Waals surface area contributed by atoms with Crippen molar-refractivity contribution in [2.24, 2.45) is 23.5 Å². The Morgan fingerprint density at radius 2 is 1.21 bits per heavy atom. The first-order valence-corrected chi connectivity index (χ1v) is 22.9. The predicted octanol–water partition coefficient (Wildman–Crippen LogP) is 2.23. The van der Waals surface area contributed by atoms with Crippen LogP contribution in [0.3, 0.4) is 0 Å². The van der Waals surface area contributed by atoms with E-state index in [1.54, 1.807) is 57.2 Å². The Morgan fingerprint density at radius 1 is 0.667 bits per heavy atom. The Labute approximate surface area is 384 Å². The molecule has 2 saturated heterocycles. The molecule has 0 amide bonds. The first kappa shape index (κ1) is 54.9. The van der Waals surface area contributed by atoms with Gasteiger partial charge in [0.05, 0.1) is 73.5 Å². The fourth-order valence-electron chi connectivity index (χ4n) is 7.45. The molecular weight excluding hydrogens is 933 g/mol. The van der Waals surface area contributed by atoms with Crippen LogP contribution in [0.2, 0.25) is 0 Å². The van der Waals surface area contributed by atoms with Crippen molar-refractivity contribution in [3.8, 4) is 0 Å². The largest absolute Gasteiger partial charge is 0.451 e. The number of halogens is 1. The lowest BCUT2D eigenvalue weighted by Crippen LogP contribution is -2.61. The third-order valence-corrected chi connectivity index (χ3v) is 12.9. The second-order valence-corrected chi connectivity index (χ2v) is 18.3. The zero-order valence-electron chi connectivity index (χ0n) is 36.5. The van der Waals surface area contributed by atoms with Crippen LogP contribution in [-0.4, -0.2) is 147 Å². The summed E-state index contributed by atoms with van der Waals surface area (Å²) in [6.07, 6.45) is 8.94. The van der Waals surface area contributed by atoms with Gasteiger partial charge in [0.2, 0.25) is 0 Å². The van der Waals surface area contributed by atoms with E-state index < -0.39 is 139 Å². The maximum absolute atomic E-state index is 12.6. The zero-order valence-corrected chi connectivity index (χ0v) is 38.6. The molecule has 6 unspecified atom stereocenters. The van der Waals surface area contributed by atoms with E-state index in [2.05, 4.69) is 0 Å². The maximum Gasteiger partial charge on any atom is 0.309 e. The first-order chi connectivity index (χ1) is 29.7. The van der Waals surface area contributed by atoms with Gasteiger partial charge in [0.25, 0.3) is 0 Å². The number of ether oxygens (including phenoxy) is 4. The summed E-state index contributed by atoms with van der Waals surface area (Å²) in [5, 5.41) is 97.3. The molecule has 0 saturated carbocycles. The number of carbonyl (C=O) groups excluding carboxylic acids is 2. The Balaban J connectivity index is 1.81. The van der Waals surface area contributed by atoms with Gasteiger partial charge in [0.15, 0.2) is 16.2 Å². The third kappa shape index (κ3) is 18.7. The van der Waals surface area contributed by atoms with Crippen molar-refractivity contribution in [3.63, 3.8) is 0 Å². The minimum Gasteiger partial charge on any atom is -0.451 e. The molecule has 3 rings (SSSR count). The Hall–Kier alpha value is -2.47. The van der Waals surface area contributed by atoms with Gasteiger partial charge in [-0.3, -0.25) is 9.59 Å². The highest BCUT2D eigenvalue weighted by molar-refractivity contribution is 14.1. The van der Waals surface area contributed by atoms with Gasteiger partial charge >= 0.3 is 5.97 Å². The van der Waals surface area contributed by atoms with Gasteiger partial charge in [-0.05, 0) is 42.4 Å². The van der Waals surface area contributed by atoms with Crippen molar-refractivity contribution in [1.29, 1.82) is 0 Å². The number of fused-ring (bicyclic) bond motifs is 2. The van der Waals surface area contributed by atoms with Crippen LogP contribution < -0.4 is 5.73 Å². The lowest BCUT2D eigenvalue weighted by atomic mass is 9.83. The highest BCUT2D eigenvalue weighted by Crippen LogP contribution is 2.38. The number of rotatable bonds is 2. The summed E-state index contributed by atoms with van der Waals surface area (Å²) in [5.74, 6) is -4.67. The van der Waals surface area contributed by atoms with Crippen molar-refractivity contribution < 1.29 is 74.5 Å². The molecule has 0 aliphatic carbocycles. The van der Waals surface area contributed by atoms with E-state index in [0.717, 1.165) is 0 Å². The Morgan fingerprint density at radius 3 is 1.81 bits per heavy atom. The van der Waals surface area contributed by atoms with Gasteiger partial charge in [0, 0.05) is 49.9 Å². The van der Waals surface area contributed by atoms with E-state index in [-0.39, 0.29) is 31.6 Å². The molecule has 63 heavy (non-hydrogen) atoms. The number of esters is 1. The molecule has 11 N–H and O–H groups in total. The van der Waals surface area contributed by atoms with Gasteiger partial charge < -0.3 is 70.6 Å². The molecule has 0 aromatic rings. The molecule has 17 heteroatoms. The number of alkyl halides is 1. The first-order valence-electron chi connectivity index (χ1n) is 21.7. The number of hydrogen-bond acceptors (Lipinski definition) is 16. The van der Waals surface area contributed by atoms with Gasteiger partial charge in [0.1, 0.15) is 11.9 Å². The number of cyclic esters (lactones) is 1. The second kappa shape index (κ2) is 27.2. The standard InChI is InChI=1S/C46H70INO15/c1-27-17-15-13-11-9-7-5-6-8-10-12-14-16-18-34(61-45-43(58)40(48)42(57)30(4)60-45)24-38-28(2)36(53)25-46(59,63-38)26-37(54)35(52)20-19-31(49)21-32(50)22-33(51)23-39(55)62-44(47)29(3)41(27)56/h5-18,27-31,33-38,40-45,49,51-54,56-59H,19-26,48H2,1-4H3/b6-5+,9-7+,10-8+,13-11+,14-12+,17-15+,18-16+/t27-,28+,29+,30?,31+,33+,34-,35+,36-,37+,38?,40?,41+,42?,43?,44+,45?,46-/m0/s1. The number of Topliss-reactive ketones (excluding diaryl/α,β-unsaturated/α-hetero) is 1. The van der Waals surface area contributed by atoms with E-state index in [1.807, 2.05) is 78.1 Å². The van der Waals surface area contributed by atoms with Crippen molar-refractivity contribution in [2.45, 2.75) is 168 Å². The molecule has 356 valence electrons. The highest BCUT2D eigenvalue weighted by Gasteiger charge is 2.47. The highest BCUT2D eigenvalue weighted by atomic mass is 127. The van der Waals surface area contributed by atoms with Crippen molar-refractivity contribution in [3.05, 3.63) is 85.1 Å². The summed E-state index contributed by atoms with van der Waals surface area (Å²) < 4.78 is 22.8. The SMILES string of the molecule is CC1OC(O[C@H]2/C=C/C=C/C=C/C=C/C=C/C=C/C=C/[C@H](C)[C@@H](O)[C@@H](C)[C@H](I)OC(=O)C[C@H](O)CC(=O)C[C@H](O)CC[C@@H](O)[C@H](O)C[C@]3(O)C[C@H](O)[C@@H](C)C(C2)O3)C(O)C(N)C1O. The van der Waals surface area contributed by atoms with Crippen LogP contribution in [0.4, 0.5) is 0 Å². The lowest BCUT2D eigenvalue weighted by Gasteiger charge is -2.46. The summed E-state index contributed by atoms with van der Waals surface area (Å²) in [4.78, 5) is 25.2. The fraction of sp³-hybridized carbons (Fsp3) is 0.652. The number of hydrogen-bond donors (Lipinski definition) is 10. The second-order valence-electron chi connectivity index (χ2n) is 17.0. The molecule has 0 radical (unpaired) electrons. The van der Waals surface area contributed by atoms with Crippen molar-refractivity contribution in [1.82, 2.24) is 0 Å². The van der Waals surface area contributed by atoms with Gasteiger partial charge in [-0.1, -0.05) is 106 Å². The molecule has 0 aromatic carbocycles. The summed E-state index contributed by atoms with van der Waals surface area (Å²) in [6.45, 7) is 6.89. The number of aliphatic hydroxyl groups excluding tert-OH is 8. The Bertz CT molecular complexity index is 1620. The van der Waals surface area contributed by atoms with E-state index in [4.69, 9.17) is 24.7 Å². The summed E-state index contributed by atoms with van der Waals surface area (Å²) in [5.41, 5.74) is 6.05. The topological polar surface area (TPSA) is 279 Å². The minimum atomic E-state index is -2.09. The molecule has 3 aliphatic heterocycles. The fourth-order valence-corrected chi connectivity index (χ4v) is 8.15. The van der Waals surface area contributed by atoms with Crippen LogP contribution in [0.25, 0.3) is 0 Å². The predicted molar refractivity (Wildman–Crippen MR) is 242 cm³/mol. The van der Waals surface area contributed by atoms with Crippen LogP contribution >= 0.6 is 22.6 Å². The van der Waals surface area contributed by atoms with Crippen molar-refractivity contribution in [2.75, 3.05) is 0 Å². The van der Waals surface area contributed by atoms with Gasteiger partial charge in [-0.25, -0.2) is 0 Å². The van der Waals surface area contributed by atoms with E-state index in [0.29, 0.717) is 0 Å². The van der Waals surface area contributed by atoms with Crippen LogP contribution in [-0.2, 0) is 28.5 Å². The van der Waals surface area contributed by atoms with Crippen molar-refractivity contribution >= 4 is 34.3 Å². The molecule has 3 aliphatic rings. The third-order valence-electron chi connectivity index (χ3n) is 11.6. The van der Waals surface area contributed by atoms with Crippen LogP contribution in [0.1, 0.15) is 79.1 Å².